The van der Waals surface area contributed by atoms with Gasteiger partial charge in [-0.05, 0) is 24.3 Å². The van der Waals surface area contributed by atoms with E-state index in [1.165, 1.54) is 24.3 Å². The van der Waals surface area contributed by atoms with Crippen LogP contribution in [0.4, 0.5) is 0 Å². The lowest BCUT2D eigenvalue weighted by Gasteiger charge is -1.91. The summed E-state index contributed by atoms with van der Waals surface area (Å²) in [5.41, 5.74) is 0. The number of para-hydroxylation sites is 4. The Bertz CT molecular complexity index is 374. The number of hydrogen-bond donors (Lipinski definition) is 4. The molecule has 4 N–H and O–H groups in total. The van der Waals surface area contributed by atoms with Gasteiger partial charge < -0.3 is 20.4 Å². The molecule has 0 fully saturated rings. The lowest BCUT2D eigenvalue weighted by molar-refractivity contribution is 0.404. The van der Waals surface area contributed by atoms with Crippen LogP contribution in [0.2, 0.25) is 0 Å². The van der Waals surface area contributed by atoms with E-state index in [1.54, 1.807) is 24.3 Å². The van der Waals surface area contributed by atoms with Crippen molar-refractivity contribution in [3.8, 4) is 23.0 Å². The average molecular weight is 254 g/mol. The second-order valence-electron chi connectivity index (χ2n) is 2.98. The van der Waals surface area contributed by atoms with Gasteiger partial charge in [0.15, 0.2) is 23.0 Å². The normalized spacial score (nSPS) is 8.47. The van der Waals surface area contributed by atoms with Gasteiger partial charge in [-0.15, -0.1) is 0 Å². The highest BCUT2D eigenvalue weighted by Gasteiger charge is 1.90. The standard InChI is InChI=1S/2C6H6O2.H2S/c2*7-5-3-1-2-4-6(5)8;/h2*1-4,7-8H;1H2. The van der Waals surface area contributed by atoms with Crippen LogP contribution in [0.15, 0.2) is 48.5 Å². The zero-order chi connectivity index (χ0) is 12.0. The lowest BCUT2D eigenvalue weighted by Crippen LogP contribution is -1.63. The van der Waals surface area contributed by atoms with Crippen LogP contribution in [0.1, 0.15) is 0 Å². The maximum absolute atomic E-state index is 8.67. The summed E-state index contributed by atoms with van der Waals surface area (Å²) in [7, 11) is 0. The van der Waals surface area contributed by atoms with E-state index < -0.39 is 0 Å². The molecule has 0 aliphatic carbocycles. The number of benzene rings is 2. The molecule has 17 heavy (non-hydrogen) atoms. The average Bonchev–Trinajstić information content (AvgIpc) is 2.28. The predicted octanol–water partition coefficient (Wildman–Crippen LogP) is 2.31. The van der Waals surface area contributed by atoms with E-state index in [0.29, 0.717) is 0 Å². The highest BCUT2D eigenvalue weighted by molar-refractivity contribution is 7.59. The molecule has 0 bridgehead atoms. The fourth-order valence-corrected chi connectivity index (χ4v) is 0.928. The van der Waals surface area contributed by atoms with E-state index >= 15 is 0 Å². The molecule has 4 nitrogen and oxygen atoms in total. The zero-order valence-electron chi connectivity index (χ0n) is 8.91. The Hall–Kier alpha value is -2.01. The van der Waals surface area contributed by atoms with Gasteiger partial charge in [-0.2, -0.15) is 13.5 Å². The third kappa shape index (κ3) is 5.03. The molecule has 0 heterocycles. The summed E-state index contributed by atoms with van der Waals surface area (Å²) in [5.74, 6) is -0.306. The first kappa shape index (κ1) is 15.0. The van der Waals surface area contributed by atoms with E-state index in [0.717, 1.165) is 0 Å². The van der Waals surface area contributed by atoms with Crippen LogP contribution in [0, 0.1) is 0 Å². The molecule has 0 atom stereocenters. The Kier molecular flexibility index (Phi) is 6.43. The van der Waals surface area contributed by atoms with Crippen molar-refractivity contribution in [2.24, 2.45) is 0 Å². The first-order valence-electron chi connectivity index (χ1n) is 4.55. The fraction of sp³-hybridized carbons (Fsp3) is 0. The van der Waals surface area contributed by atoms with Crippen molar-refractivity contribution in [2.75, 3.05) is 0 Å². The third-order valence-corrected chi connectivity index (χ3v) is 1.76. The number of hydrogen-bond acceptors (Lipinski definition) is 4. The van der Waals surface area contributed by atoms with Crippen molar-refractivity contribution < 1.29 is 20.4 Å². The van der Waals surface area contributed by atoms with Crippen LogP contribution in [0.5, 0.6) is 23.0 Å². The lowest BCUT2D eigenvalue weighted by atomic mass is 10.3. The van der Waals surface area contributed by atoms with Gasteiger partial charge in [0.25, 0.3) is 0 Å². The summed E-state index contributed by atoms with van der Waals surface area (Å²) < 4.78 is 0. The zero-order valence-corrected chi connectivity index (χ0v) is 9.91. The molecule has 0 aliphatic heterocycles. The minimum atomic E-state index is -0.0764. The molecule has 0 aromatic heterocycles. The van der Waals surface area contributed by atoms with E-state index in [2.05, 4.69) is 0 Å². The third-order valence-electron chi connectivity index (χ3n) is 1.76. The maximum Gasteiger partial charge on any atom is 0.157 e. The van der Waals surface area contributed by atoms with Crippen LogP contribution in [-0.4, -0.2) is 20.4 Å². The molecule has 5 heteroatoms. The van der Waals surface area contributed by atoms with Crippen molar-refractivity contribution in [1.29, 1.82) is 0 Å². The van der Waals surface area contributed by atoms with E-state index in [-0.39, 0.29) is 36.5 Å². The molecule has 0 spiro atoms. The fourth-order valence-electron chi connectivity index (χ4n) is 0.928. The van der Waals surface area contributed by atoms with Crippen LogP contribution in [0.25, 0.3) is 0 Å². The molecule has 0 saturated heterocycles. The summed E-state index contributed by atoms with van der Waals surface area (Å²) in [6.45, 7) is 0. The molecule has 0 unspecified atom stereocenters. The molecule has 0 aliphatic rings. The summed E-state index contributed by atoms with van der Waals surface area (Å²) in [6.07, 6.45) is 0. The van der Waals surface area contributed by atoms with Crippen molar-refractivity contribution in [3.05, 3.63) is 48.5 Å². The smallest absolute Gasteiger partial charge is 0.157 e. The van der Waals surface area contributed by atoms with Gasteiger partial charge in [0.2, 0.25) is 0 Å². The van der Waals surface area contributed by atoms with Crippen LogP contribution in [0.3, 0.4) is 0 Å². The van der Waals surface area contributed by atoms with Gasteiger partial charge in [-0.1, -0.05) is 24.3 Å². The molecule has 92 valence electrons. The first-order chi connectivity index (χ1) is 7.61. The monoisotopic (exact) mass is 254 g/mol. The molecule has 2 aromatic rings. The van der Waals surface area contributed by atoms with Gasteiger partial charge in [0.1, 0.15) is 0 Å². The number of aromatic hydroxyl groups is 4. The quantitative estimate of drug-likeness (QED) is 0.544. The summed E-state index contributed by atoms with van der Waals surface area (Å²) in [4.78, 5) is 0. The maximum atomic E-state index is 8.67. The van der Waals surface area contributed by atoms with Gasteiger partial charge in [-0.25, -0.2) is 0 Å². The minimum Gasteiger partial charge on any atom is -0.504 e. The van der Waals surface area contributed by atoms with Gasteiger partial charge in [0.05, 0.1) is 0 Å². The molecule has 2 rings (SSSR count). The van der Waals surface area contributed by atoms with E-state index in [9.17, 15) is 0 Å². The van der Waals surface area contributed by atoms with Crippen LogP contribution in [-0.2, 0) is 0 Å². The molecule has 0 saturated carbocycles. The number of phenols is 4. The first-order valence-corrected chi connectivity index (χ1v) is 4.55. The molecular weight excluding hydrogens is 240 g/mol. The highest BCUT2D eigenvalue weighted by atomic mass is 32.1. The molecule has 2 aromatic carbocycles. The van der Waals surface area contributed by atoms with E-state index in [4.69, 9.17) is 20.4 Å². The van der Waals surface area contributed by atoms with Crippen LogP contribution < -0.4 is 0 Å². The van der Waals surface area contributed by atoms with Gasteiger partial charge >= 0.3 is 0 Å². The molecule has 0 radical (unpaired) electrons. The Morgan fingerprint density at radius 3 is 0.765 bits per heavy atom. The van der Waals surface area contributed by atoms with Crippen molar-refractivity contribution in [1.82, 2.24) is 0 Å². The summed E-state index contributed by atoms with van der Waals surface area (Å²) in [6, 6.07) is 12.3. The Balaban J connectivity index is 0.000000284. The number of rotatable bonds is 0. The topological polar surface area (TPSA) is 80.9 Å². The second kappa shape index (κ2) is 7.29. The minimum absolute atomic E-state index is 0. The van der Waals surface area contributed by atoms with Gasteiger partial charge in [0, 0.05) is 0 Å². The Morgan fingerprint density at radius 2 is 0.647 bits per heavy atom. The van der Waals surface area contributed by atoms with Crippen molar-refractivity contribution >= 4 is 13.5 Å². The molecular formula is C12H14O4S. The van der Waals surface area contributed by atoms with Crippen LogP contribution >= 0.6 is 13.5 Å². The molecule has 0 amide bonds. The Morgan fingerprint density at radius 1 is 0.471 bits per heavy atom. The highest BCUT2D eigenvalue weighted by Crippen LogP contribution is 2.21. The SMILES string of the molecule is Oc1ccccc1O.Oc1ccccc1O.S. The van der Waals surface area contributed by atoms with E-state index in [1.807, 2.05) is 0 Å². The Labute approximate surface area is 106 Å². The summed E-state index contributed by atoms with van der Waals surface area (Å²) >= 11 is 0. The summed E-state index contributed by atoms with van der Waals surface area (Å²) in [5, 5.41) is 34.7. The van der Waals surface area contributed by atoms with Crippen molar-refractivity contribution in [3.63, 3.8) is 0 Å². The predicted molar refractivity (Wildman–Crippen MR) is 69.9 cm³/mol. The van der Waals surface area contributed by atoms with Gasteiger partial charge in [-0.3, -0.25) is 0 Å². The van der Waals surface area contributed by atoms with Crippen molar-refractivity contribution in [2.45, 2.75) is 0 Å². The number of phenolic OH excluding ortho intramolecular Hbond substituents is 4. The largest absolute Gasteiger partial charge is 0.504 e. The second-order valence-corrected chi connectivity index (χ2v) is 2.98.